The summed E-state index contributed by atoms with van der Waals surface area (Å²) in [6.07, 6.45) is 2.51. The summed E-state index contributed by atoms with van der Waals surface area (Å²) in [6, 6.07) is 12.2. The standard InChI is InChI=1S/C15H18N2O/c1-12-10-15(16-11-13(12)8-9-18)17(2)14-6-4-3-5-7-14/h3-7,10-11,18H,8-9H2,1-2H3. The fourth-order valence-electron chi connectivity index (χ4n) is 1.92. The minimum absolute atomic E-state index is 0.163. The Hall–Kier alpha value is -1.87. The molecular formula is C15H18N2O. The number of pyridine rings is 1. The SMILES string of the molecule is Cc1cc(N(C)c2ccccc2)ncc1CCO. The minimum Gasteiger partial charge on any atom is -0.396 e. The first kappa shape index (κ1) is 12.6. The van der Waals surface area contributed by atoms with Crippen LogP contribution in [0.15, 0.2) is 42.6 Å². The van der Waals surface area contributed by atoms with Crippen molar-refractivity contribution in [2.75, 3.05) is 18.6 Å². The molecule has 0 atom stereocenters. The maximum absolute atomic E-state index is 8.96. The highest BCUT2D eigenvalue weighted by Crippen LogP contribution is 2.22. The van der Waals surface area contributed by atoms with E-state index in [0.29, 0.717) is 6.42 Å². The molecule has 0 bridgehead atoms. The number of aromatic nitrogens is 1. The number of nitrogens with zero attached hydrogens (tertiary/aromatic N) is 2. The Morgan fingerprint density at radius 3 is 2.56 bits per heavy atom. The van der Waals surface area contributed by atoms with Crippen LogP contribution in [-0.2, 0) is 6.42 Å². The molecule has 94 valence electrons. The first-order chi connectivity index (χ1) is 8.72. The Bertz CT molecular complexity index is 511. The highest BCUT2D eigenvalue weighted by atomic mass is 16.2. The van der Waals surface area contributed by atoms with E-state index >= 15 is 0 Å². The fourth-order valence-corrected chi connectivity index (χ4v) is 1.92. The normalized spacial score (nSPS) is 10.4. The van der Waals surface area contributed by atoms with Crippen molar-refractivity contribution in [3.8, 4) is 0 Å². The third-order valence-corrected chi connectivity index (χ3v) is 3.07. The van der Waals surface area contributed by atoms with Crippen LogP contribution in [0.25, 0.3) is 0 Å². The number of anilines is 2. The van der Waals surface area contributed by atoms with Gasteiger partial charge in [-0.15, -0.1) is 0 Å². The zero-order valence-corrected chi connectivity index (χ0v) is 10.8. The van der Waals surface area contributed by atoms with Gasteiger partial charge in [0.25, 0.3) is 0 Å². The largest absolute Gasteiger partial charge is 0.396 e. The molecule has 18 heavy (non-hydrogen) atoms. The lowest BCUT2D eigenvalue weighted by molar-refractivity contribution is 0.299. The third-order valence-electron chi connectivity index (χ3n) is 3.07. The molecule has 0 fully saturated rings. The van der Waals surface area contributed by atoms with Gasteiger partial charge < -0.3 is 10.0 Å². The second-order valence-corrected chi connectivity index (χ2v) is 4.34. The summed E-state index contributed by atoms with van der Waals surface area (Å²) in [7, 11) is 2.00. The summed E-state index contributed by atoms with van der Waals surface area (Å²) in [5.74, 6) is 0.917. The number of hydrogen-bond acceptors (Lipinski definition) is 3. The average Bonchev–Trinajstić information content (AvgIpc) is 2.41. The van der Waals surface area contributed by atoms with E-state index in [4.69, 9.17) is 5.11 Å². The Labute approximate surface area is 108 Å². The van der Waals surface area contributed by atoms with E-state index in [9.17, 15) is 0 Å². The van der Waals surface area contributed by atoms with E-state index in [-0.39, 0.29) is 6.61 Å². The van der Waals surface area contributed by atoms with Crippen LogP contribution in [0.5, 0.6) is 0 Å². The molecule has 2 rings (SSSR count). The second-order valence-electron chi connectivity index (χ2n) is 4.34. The van der Waals surface area contributed by atoms with Gasteiger partial charge in [-0.3, -0.25) is 0 Å². The van der Waals surface area contributed by atoms with Gasteiger partial charge in [0.05, 0.1) is 0 Å². The molecule has 0 saturated carbocycles. The van der Waals surface area contributed by atoms with Gasteiger partial charge in [-0.05, 0) is 42.7 Å². The zero-order chi connectivity index (χ0) is 13.0. The molecule has 1 N–H and O–H groups in total. The van der Waals surface area contributed by atoms with Crippen molar-refractivity contribution in [1.82, 2.24) is 4.98 Å². The molecular weight excluding hydrogens is 224 g/mol. The van der Waals surface area contributed by atoms with Crippen LogP contribution >= 0.6 is 0 Å². The number of para-hydroxylation sites is 1. The molecule has 1 aromatic carbocycles. The second kappa shape index (κ2) is 5.65. The quantitative estimate of drug-likeness (QED) is 0.895. The molecule has 0 aliphatic rings. The highest BCUT2D eigenvalue weighted by molar-refractivity contribution is 5.59. The average molecular weight is 242 g/mol. The van der Waals surface area contributed by atoms with E-state index in [1.807, 2.05) is 31.4 Å². The first-order valence-corrected chi connectivity index (χ1v) is 6.07. The highest BCUT2D eigenvalue weighted by Gasteiger charge is 2.07. The molecule has 0 unspecified atom stereocenters. The van der Waals surface area contributed by atoms with E-state index < -0.39 is 0 Å². The van der Waals surface area contributed by atoms with Gasteiger partial charge in [0.15, 0.2) is 0 Å². The van der Waals surface area contributed by atoms with Crippen LogP contribution in [0.4, 0.5) is 11.5 Å². The fraction of sp³-hybridized carbons (Fsp3) is 0.267. The topological polar surface area (TPSA) is 36.4 Å². The van der Waals surface area contributed by atoms with Gasteiger partial charge in [-0.25, -0.2) is 4.98 Å². The number of rotatable bonds is 4. The van der Waals surface area contributed by atoms with Crippen LogP contribution in [0, 0.1) is 6.92 Å². The molecule has 0 amide bonds. The summed E-state index contributed by atoms with van der Waals surface area (Å²) in [4.78, 5) is 6.50. The predicted octanol–water partition coefficient (Wildman–Crippen LogP) is 2.69. The molecule has 0 aliphatic carbocycles. The molecule has 3 nitrogen and oxygen atoms in total. The third kappa shape index (κ3) is 2.68. The van der Waals surface area contributed by atoms with Crippen LogP contribution in [0.2, 0.25) is 0 Å². The lowest BCUT2D eigenvalue weighted by atomic mass is 10.1. The summed E-state index contributed by atoms with van der Waals surface area (Å²) < 4.78 is 0. The monoisotopic (exact) mass is 242 g/mol. The Kier molecular flexibility index (Phi) is 3.95. The summed E-state index contributed by atoms with van der Waals surface area (Å²) in [6.45, 7) is 2.21. The number of benzene rings is 1. The summed E-state index contributed by atoms with van der Waals surface area (Å²) in [5.41, 5.74) is 3.37. The molecule has 1 aromatic heterocycles. The van der Waals surface area contributed by atoms with E-state index in [1.165, 1.54) is 0 Å². The number of aliphatic hydroxyl groups is 1. The Morgan fingerprint density at radius 2 is 1.94 bits per heavy atom. The van der Waals surface area contributed by atoms with E-state index in [0.717, 1.165) is 22.6 Å². The van der Waals surface area contributed by atoms with Crippen molar-refractivity contribution in [3.63, 3.8) is 0 Å². The molecule has 0 radical (unpaired) electrons. The maximum atomic E-state index is 8.96. The Morgan fingerprint density at radius 1 is 1.22 bits per heavy atom. The molecule has 0 saturated heterocycles. The van der Waals surface area contributed by atoms with Gasteiger partial charge in [-0.2, -0.15) is 0 Å². The van der Waals surface area contributed by atoms with Gasteiger partial charge >= 0.3 is 0 Å². The summed E-state index contributed by atoms with van der Waals surface area (Å²) >= 11 is 0. The van der Waals surface area contributed by atoms with Gasteiger partial charge in [0, 0.05) is 25.5 Å². The van der Waals surface area contributed by atoms with Crippen molar-refractivity contribution in [2.24, 2.45) is 0 Å². The molecule has 1 heterocycles. The lowest BCUT2D eigenvalue weighted by Crippen LogP contribution is -2.11. The molecule has 0 spiro atoms. The van der Waals surface area contributed by atoms with Crippen LogP contribution in [0.1, 0.15) is 11.1 Å². The molecule has 3 heteroatoms. The first-order valence-electron chi connectivity index (χ1n) is 6.07. The van der Waals surface area contributed by atoms with E-state index in [1.54, 1.807) is 0 Å². The van der Waals surface area contributed by atoms with Crippen molar-refractivity contribution in [2.45, 2.75) is 13.3 Å². The lowest BCUT2D eigenvalue weighted by Gasteiger charge is -2.19. The maximum Gasteiger partial charge on any atom is 0.132 e. The zero-order valence-electron chi connectivity index (χ0n) is 10.8. The number of hydrogen-bond donors (Lipinski definition) is 1. The van der Waals surface area contributed by atoms with Crippen LogP contribution < -0.4 is 4.90 Å². The number of aryl methyl sites for hydroxylation is 1. The number of aliphatic hydroxyl groups excluding tert-OH is 1. The van der Waals surface area contributed by atoms with Gasteiger partial charge in [0.2, 0.25) is 0 Å². The van der Waals surface area contributed by atoms with Gasteiger partial charge in [0.1, 0.15) is 5.82 Å². The minimum atomic E-state index is 0.163. The predicted molar refractivity (Wildman–Crippen MR) is 74.3 cm³/mol. The van der Waals surface area contributed by atoms with Crippen LogP contribution in [0.3, 0.4) is 0 Å². The van der Waals surface area contributed by atoms with Crippen molar-refractivity contribution in [1.29, 1.82) is 0 Å². The van der Waals surface area contributed by atoms with E-state index in [2.05, 4.69) is 35.0 Å². The Balaban J connectivity index is 2.26. The molecule has 0 aliphatic heterocycles. The van der Waals surface area contributed by atoms with Crippen LogP contribution in [-0.4, -0.2) is 23.7 Å². The van der Waals surface area contributed by atoms with Crippen molar-refractivity contribution in [3.05, 3.63) is 53.7 Å². The smallest absolute Gasteiger partial charge is 0.132 e. The van der Waals surface area contributed by atoms with Crippen molar-refractivity contribution >= 4 is 11.5 Å². The molecule has 2 aromatic rings. The summed E-state index contributed by atoms with van der Waals surface area (Å²) in [5, 5.41) is 8.96. The van der Waals surface area contributed by atoms with Gasteiger partial charge in [-0.1, -0.05) is 18.2 Å². The van der Waals surface area contributed by atoms with Crippen molar-refractivity contribution < 1.29 is 5.11 Å².